The zero-order chi connectivity index (χ0) is 20.0. The zero-order valence-electron chi connectivity index (χ0n) is 16.8. The molecule has 29 heavy (non-hydrogen) atoms. The minimum Gasteiger partial charge on any atom is -0.339 e. The highest BCUT2D eigenvalue weighted by Gasteiger charge is 2.52. The molecule has 0 N–H and O–H groups in total. The second-order valence-corrected chi connectivity index (χ2v) is 9.56. The Morgan fingerprint density at radius 2 is 2.07 bits per heavy atom. The lowest BCUT2D eigenvalue weighted by Crippen LogP contribution is -2.32. The third-order valence-corrected chi connectivity index (χ3v) is 7.48. The van der Waals surface area contributed by atoms with Crippen molar-refractivity contribution in [1.82, 2.24) is 19.9 Å². The topological polar surface area (TPSA) is 45.4 Å². The molecule has 4 heterocycles. The van der Waals surface area contributed by atoms with Gasteiger partial charge in [0.1, 0.15) is 5.82 Å². The van der Waals surface area contributed by atoms with Crippen LogP contribution in [0.4, 0.5) is 4.39 Å². The maximum Gasteiger partial charge on any atom is 0.232 e. The van der Waals surface area contributed by atoms with Gasteiger partial charge < -0.3 is 9.42 Å². The average molecular weight is 413 g/mol. The van der Waals surface area contributed by atoms with E-state index in [1.807, 2.05) is 11.3 Å². The monoisotopic (exact) mass is 412 g/mol. The number of aryl methyl sites for hydroxylation is 1. The van der Waals surface area contributed by atoms with E-state index in [9.17, 15) is 4.39 Å². The van der Waals surface area contributed by atoms with Crippen LogP contribution in [0, 0.1) is 18.2 Å². The molecule has 0 radical (unpaired) electrons. The molecule has 2 aliphatic heterocycles. The van der Waals surface area contributed by atoms with E-state index in [1.165, 1.54) is 22.6 Å². The second kappa shape index (κ2) is 7.31. The normalized spacial score (nSPS) is 25.4. The van der Waals surface area contributed by atoms with Crippen molar-refractivity contribution in [2.45, 2.75) is 25.8 Å². The van der Waals surface area contributed by atoms with E-state index in [2.05, 4.69) is 40.4 Å². The van der Waals surface area contributed by atoms with E-state index >= 15 is 0 Å². The van der Waals surface area contributed by atoms with Crippen LogP contribution >= 0.6 is 11.3 Å². The van der Waals surface area contributed by atoms with Crippen molar-refractivity contribution in [3.05, 3.63) is 57.9 Å². The molecule has 2 aromatic heterocycles. The number of hydrogen-bond donors (Lipinski definition) is 0. The molecule has 0 aliphatic carbocycles. The third-order valence-electron chi connectivity index (χ3n) is 6.47. The molecule has 2 aliphatic rings. The number of aromatic nitrogens is 2. The number of thiophene rings is 1. The first-order valence-electron chi connectivity index (χ1n) is 10.1. The minimum atomic E-state index is -0.263. The maximum absolute atomic E-state index is 13.2. The van der Waals surface area contributed by atoms with Crippen LogP contribution in [0.5, 0.6) is 0 Å². The number of benzene rings is 1. The van der Waals surface area contributed by atoms with Crippen LogP contribution in [-0.2, 0) is 6.54 Å². The van der Waals surface area contributed by atoms with Gasteiger partial charge >= 0.3 is 0 Å². The standard InChI is InChI=1S/C22H25FN4OS/c1-15-7-10-29-19(15)12-27-11-18(22(14-27)8-9-26(2)13-22)21-24-20(25-28-21)16-3-5-17(23)6-4-16/h3-7,10,18H,8-9,11-14H2,1-2H3/t18-,22-/m0/s1. The Morgan fingerprint density at radius 1 is 1.24 bits per heavy atom. The Balaban J connectivity index is 1.42. The number of likely N-dealkylation sites (tertiary alicyclic amines) is 2. The third kappa shape index (κ3) is 3.52. The molecule has 0 bridgehead atoms. The molecule has 2 fully saturated rings. The Bertz CT molecular complexity index is 1000. The number of rotatable bonds is 4. The fraction of sp³-hybridized carbons (Fsp3) is 0.455. The minimum absolute atomic E-state index is 0.145. The fourth-order valence-corrected chi connectivity index (χ4v) is 5.86. The average Bonchev–Trinajstić information content (AvgIpc) is 3.47. The van der Waals surface area contributed by atoms with Gasteiger partial charge in [0.15, 0.2) is 0 Å². The Hall–Kier alpha value is -2.09. The lowest BCUT2D eigenvalue weighted by Gasteiger charge is -2.27. The van der Waals surface area contributed by atoms with Gasteiger partial charge in [-0.3, -0.25) is 4.90 Å². The Labute approximate surface area is 174 Å². The molecule has 1 aromatic carbocycles. The highest BCUT2D eigenvalue weighted by atomic mass is 32.1. The number of nitrogens with zero attached hydrogens (tertiary/aromatic N) is 4. The van der Waals surface area contributed by atoms with Gasteiger partial charge in [0.05, 0.1) is 5.92 Å². The van der Waals surface area contributed by atoms with E-state index in [0.717, 1.165) is 44.7 Å². The van der Waals surface area contributed by atoms with Crippen molar-refractivity contribution in [2.24, 2.45) is 5.41 Å². The van der Waals surface area contributed by atoms with Gasteiger partial charge in [-0.15, -0.1) is 11.3 Å². The lowest BCUT2D eigenvalue weighted by atomic mass is 9.77. The van der Waals surface area contributed by atoms with Crippen molar-refractivity contribution in [2.75, 3.05) is 33.2 Å². The van der Waals surface area contributed by atoms with Gasteiger partial charge in [-0.1, -0.05) is 5.16 Å². The summed E-state index contributed by atoms with van der Waals surface area (Å²) in [6.45, 7) is 7.28. The van der Waals surface area contributed by atoms with E-state index in [4.69, 9.17) is 9.51 Å². The second-order valence-electron chi connectivity index (χ2n) is 8.56. The lowest BCUT2D eigenvalue weighted by molar-refractivity contribution is 0.223. The molecule has 5 rings (SSSR count). The summed E-state index contributed by atoms with van der Waals surface area (Å²) in [7, 11) is 2.19. The number of halogens is 1. The summed E-state index contributed by atoms with van der Waals surface area (Å²) in [5.41, 5.74) is 2.29. The van der Waals surface area contributed by atoms with Crippen molar-refractivity contribution in [3.63, 3.8) is 0 Å². The molecule has 1 spiro atoms. The summed E-state index contributed by atoms with van der Waals surface area (Å²) < 4.78 is 19.0. The molecule has 2 atom stereocenters. The van der Waals surface area contributed by atoms with Gasteiger partial charge in [0.2, 0.25) is 11.7 Å². The van der Waals surface area contributed by atoms with E-state index in [-0.39, 0.29) is 17.2 Å². The molecule has 0 saturated carbocycles. The summed E-state index contributed by atoms with van der Waals surface area (Å²) in [6, 6.07) is 8.45. The molecule has 152 valence electrons. The van der Waals surface area contributed by atoms with Crippen molar-refractivity contribution < 1.29 is 8.91 Å². The van der Waals surface area contributed by atoms with E-state index in [1.54, 1.807) is 12.1 Å². The van der Waals surface area contributed by atoms with Crippen LogP contribution in [-0.4, -0.2) is 53.2 Å². The molecule has 7 heteroatoms. The highest BCUT2D eigenvalue weighted by Crippen LogP contribution is 2.49. The molecular formula is C22H25FN4OS. The number of hydrogen-bond acceptors (Lipinski definition) is 6. The van der Waals surface area contributed by atoms with Crippen LogP contribution in [0.2, 0.25) is 0 Å². The molecule has 5 nitrogen and oxygen atoms in total. The van der Waals surface area contributed by atoms with Gasteiger partial charge in [-0.25, -0.2) is 4.39 Å². The predicted molar refractivity (Wildman–Crippen MR) is 111 cm³/mol. The largest absolute Gasteiger partial charge is 0.339 e. The first-order chi connectivity index (χ1) is 14.0. The Morgan fingerprint density at radius 3 is 2.76 bits per heavy atom. The fourth-order valence-electron chi connectivity index (χ4n) is 4.92. The van der Waals surface area contributed by atoms with E-state index in [0.29, 0.717) is 11.7 Å². The van der Waals surface area contributed by atoms with Crippen LogP contribution in [0.1, 0.15) is 28.7 Å². The van der Waals surface area contributed by atoms with Gasteiger partial charge in [-0.2, -0.15) is 4.98 Å². The van der Waals surface area contributed by atoms with Gasteiger partial charge in [-0.05, 0) is 68.2 Å². The van der Waals surface area contributed by atoms with Gasteiger partial charge in [0, 0.05) is 42.0 Å². The smallest absolute Gasteiger partial charge is 0.232 e. The maximum atomic E-state index is 13.2. The highest BCUT2D eigenvalue weighted by molar-refractivity contribution is 7.10. The summed E-state index contributed by atoms with van der Waals surface area (Å²) in [4.78, 5) is 11.1. The quantitative estimate of drug-likeness (QED) is 0.644. The Kier molecular flexibility index (Phi) is 4.76. The van der Waals surface area contributed by atoms with E-state index < -0.39 is 0 Å². The zero-order valence-corrected chi connectivity index (χ0v) is 17.6. The van der Waals surface area contributed by atoms with Crippen LogP contribution in [0.3, 0.4) is 0 Å². The summed E-state index contributed by atoms with van der Waals surface area (Å²) in [6.07, 6.45) is 1.14. The first-order valence-corrected chi connectivity index (χ1v) is 10.9. The van der Waals surface area contributed by atoms with Crippen LogP contribution in [0.25, 0.3) is 11.4 Å². The predicted octanol–water partition coefficient (Wildman–Crippen LogP) is 4.17. The molecular weight excluding hydrogens is 387 g/mol. The summed E-state index contributed by atoms with van der Waals surface area (Å²) in [5, 5.41) is 6.38. The molecule has 3 aromatic rings. The van der Waals surface area contributed by atoms with Crippen LogP contribution < -0.4 is 0 Å². The molecule has 0 unspecified atom stereocenters. The summed E-state index contributed by atoms with van der Waals surface area (Å²) >= 11 is 1.83. The summed E-state index contributed by atoms with van der Waals surface area (Å²) in [5.74, 6) is 1.20. The van der Waals surface area contributed by atoms with Crippen molar-refractivity contribution in [1.29, 1.82) is 0 Å². The van der Waals surface area contributed by atoms with Gasteiger partial charge in [0.25, 0.3) is 0 Å². The van der Waals surface area contributed by atoms with Crippen molar-refractivity contribution in [3.8, 4) is 11.4 Å². The van der Waals surface area contributed by atoms with Crippen molar-refractivity contribution >= 4 is 11.3 Å². The van der Waals surface area contributed by atoms with Crippen LogP contribution in [0.15, 0.2) is 40.2 Å². The molecule has 2 saturated heterocycles. The molecule has 0 amide bonds. The SMILES string of the molecule is Cc1ccsc1CN1C[C@@H](c2nc(-c3ccc(F)cc3)no2)[C@]2(CCN(C)C2)C1. The first kappa shape index (κ1) is 18.9.